The zero-order chi connectivity index (χ0) is 15.7. The predicted molar refractivity (Wildman–Crippen MR) is 83.8 cm³/mol. The molecule has 1 aliphatic carbocycles. The second-order valence-electron chi connectivity index (χ2n) is 7.34. The van der Waals surface area contributed by atoms with Gasteiger partial charge in [-0.25, -0.2) is 0 Å². The van der Waals surface area contributed by atoms with E-state index < -0.39 is 5.54 Å². The highest BCUT2D eigenvalue weighted by molar-refractivity contribution is 5.93. The van der Waals surface area contributed by atoms with Crippen LogP contribution in [0.5, 0.6) is 0 Å². The number of rotatable bonds is 3. The quantitative estimate of drug-likeness (QED) is 0.870. The van der Waals surface area contributed by atoms with Crippen molar-refractivity contribution in [3.8, 4) is 0 Å². The molecule has 2 fully saturated rings. The van der Waals surface area contributed by atoms with Gasteiger partial charge in [0.2, 0.25) is 11.8 Å². The van der Waals surface area contributed by atoms with Gasteiger partial charge in [-0.1, -0.05) is 40.5 Å². The summed E-state index contributed by atoms with van der Waals surface area (Å²) in [5.41, 5.74) is -0.546. The molecule has 1 atom stereocenters. The average Bonchev–Trinajstić information content (AvgIpc) is 2.57. The van der Waals surface area contributed by atoms with Crippen LogP contribution in [0.3, 0.4) is 0 Å². The molecule has 120 valence electrons. The van der Waals surface area contributed by atoms with E-state index in [4.69, 9.17) is 0 Å². The SMILES string of the molecule is CCC1(CC)NC(=O)CCN(C2CCCCC2(C)C)C1=O. The van der Waals surface area contributed by atoms with Crippen LogP contribution in [0.2, 0.25) is 0 Å². The van der Waals surface area contributed by atoms with Crippen molar-refractivity contribution < 1.29 is 9.59 Å². The van der Waals surface area contributed by atoms with Crippen molar-refractivity contribution in [2.24, 2.45) is 5.41 Å². The fourth-order valence-corrected chi connectivity index (χ4v) is 4.06. The molecule has 0 aromatic carbocycles. The van der Waals surface area contributed by atoms with E-state index in [1.54, 1.807) is 0 Å². The van der Waals surface area contributed by atoms with Gasteiger partial charge in [-0.15, -0.1) is 0 Å². The standard InChI is InChI=1S/C17H30N2O2/c1-5-17(6-2)15(21)19(12-10-14(20)18-17)13-9-7-8-11-16(13,3)4/h13H,5-12H2,1-4H3,(H,18,20). The first-order chi connectivity index (χ1) is 9.86. The Morgan fingerprint density at radius 1 is 1.19 bits per heavy atom. The number of amides is 2. The van der Waals surface area contributed by atoms with Crippen LogP contribution < -0.4 is 5.32 Å². The van der Waals surface area contributed by atoms with Crippen molar-refractivity contribution in [2.75, 3.05) is 6.54 Å². The molecule has 4 heteroatoms. The molecule has 1 saturated heterocycles. The molecule has 1 unspecified atom stereocenters. The van der Waals surface area contributed by atoms with Gasteiger partial charge < -0.3 is 10.2 Å². The largest absolute Gasteiger partial charge is 0.342 e. The molecule has 0 aromatic heterocycles. The number of hydrogen-bond donors (Lipinski definition) is 1. The van der Waals surface area contributed by atoms with Crippen molar-refractivity contribution in [2.45, 2.75) is 84.2 Å². The third kappa shape index (κ3) is 2.95. The molecule has 0 aromatic rings. The van der Waals surface area contributed by atoms with Crippen LogP contribution in [-0.2, 0) is 9.59 Å². The molecule has 0 spiro atoms. The van der Waals surface area contributed by atoms with E-state index in [2.05, 4.69) is 19.2 Å². The number of nitrogens with zero attached hydrogens (tertiary/aromatic N) is 1. The Kier molecular flexibility index (Phi) is 4.64. The Labute approximate surface area is 128 Å². The average molecular weight is 294 g/mol. The van der Waals surface area contributed by atoms with E-state index in [1.165, 1.54) is 12.8 Å². The van der Waals surface area contributed by atoms with E-state index >= 15 is 0 Å². The fourth-order valence-electron chi connectivity index (χ4n) is 4.06. The Balaban J connectivity index is 2.33. The molecule has 1 saturated carbocycles. The zero-order valence-electron chi connectivity index (χ0n) is 14.0. The maximum Gasteiger partial charge on any atom is 0.248 e. The van der Waals surface area contributed by atoms with Crippen molar-refractivity contribution in [3.05, 3.63) is 0 Å². The molecule has 0 radical (unpaired) electrons. The molecule has 2 aliphatic rings. The third-order valence-corrected chi connectivity index (χ3v) is 5.66. The Bertz CT molecular complexity index is 413. The van der Waals surface area contributed by atoms with Crippen molar-refractivity contribution in [1.29, 1.82) is 0 Å². The van der Waals surface area contributed by atoms with E-state index in [0.29, 0.717) is 25.8 Å². The topological polar surface area (TPSA) is 49.4 Å². The molecule has 4 nitrogen and oxygen atoms in total. The summed E-state index contributed by atoms with van der Waals surface area (Å²) in [6.45, 7) is 9.10. The van der Waals surface area contributed by atoms with Crippen molar-refractivity contribution in [1.82, 2.24) is 10.2 Å². The van der Waals surface area contributed by atoms with Gasteiger partial charge in [-0.3, -0.25) is 9.59 Å². The van der Waals surface area contributed by atoms with Crippen LogP contribution in [0.4, 0.5) is 0 Å². The van der Waals surface area contributed by atoms with Gasteiger partial charge in [-0.2, -0.15) is 0 Å². The molecule has 0 bridgehead atoms. The monoisotopic (exact) mass is 294 g/mol. The lowest BCUT2D eigenvalue weighted by atomic mass is 9.72. The van der Waals surface area contributed by atoms with Crippen LogP contribution in [0.25, 0.3) is 0 Å². The molecule has 2 amide bonds. The Morgan fingerprint density at radius 3 is 2.43 bits per heavy atom. The lowest BCUT2D eigenvalue weighted by molar-refractivity contribution is -0.144. The number of carbonyl (C=O) groups is 2. The summed E-state index contributed by atoms with van der Waals surface area (Å²) in [7, 11) is 0. The maximum absolute atomic E-state index is 13.2. The minimum Gasteiger partial charge on any atom is -0.342 e. The normalized spacial score (nSPS) is 29.0. The van der Waals surface area contributed by atoms with Crippen LogP contribution in [0, 0.1) is 5.41 Å². The fraction of sp³-hybridized carbons (Fsp3) is 0.882. The first kappa shape index (κ1) is 16.3. The highest BCUT2D eigenvalue weighted by Crippen LogP contribution is 2.40. The highest BCUT2D eigenvalue weighted by atomic mass is 16.2. The van der Waals surface area contributed by atoms with Gasteiger partial charge in [-0.05, 0) is 31.1 Å². The van der Waals surface area contributed by atoms with Gasteiger partial charge in [0.25, 0.3) is 0 Å². The third-order valence-electron chi connectivity index (χ3n) is 5.66. The zero-order valence-corrected chi connectivity index (χ0v) is 14.0. The van der Waals surface area contributed by atoms with Crippen LogP contribution in [0.1, 0.15) is 72.6 Å². The minimum absolute atomic E-state index is 0.0168. The molecule has 1 aliphatic heterocycles. The molecule has 21 heavy (non-hydrogen) atoms. The van der Waals surface area contributed by atoms with Crippen LogP contribution in [-0.4, -0.2) is 34.8 Å². The Hall–Kier alpha value is -1.06. The van der Waals surface area contributed by atoms with Crippen LogP contribution >= 0.6 is 0 Å². The van der Waals surface area contributed by atoms with Gasteiger partial charge in [0.1, 0.15) is 5.54 Å². The van der Waals surface area contributed by atoms with E-state index in [1.807, 2.05) is 18.7 Å². The summed E-state index contributed by atoms with van der Waals surface area (Å²) in [5.74, 6) is 0.154. The van der Waals surface area contributed by atoms with Crippen LogP contribution in [0.15, 0.2) is 0 Å². The summed E-state index contributed by atoms with van der Waals surface area (Å²) >= 11 is 0. The molecule has 1 heterocycles. The molecule has 2 rings (SSSR count). The molecule has 1 N–H and O–H groups in total. The van der Waals surface area contributed by atoms with E-state index in [0.717, 1.165) is 12.8 Å². The summed E-state index contributed by atoms with van der Waals surface area (Å²) in [5, 5.41) is 3.01. The summed E-state index contributed by atoms with van der Waals surface area (Å²) in [4.78, 5) is 27.3. The molecular formula is C17H30N2O2. The second-order valence-corrected chi connectivity index (χ2v) is 7.34. The van der Waals surface area contributed by atoms with Crippen molar-refractivity contribution >= 4 is 11.8 Å². The van der Waals surface area contributed by atoms with Crippen molar-refractivity contribution in [3.63, 3.8) is 0 Å². The number of carbonyl (C=O) groups excluding carboxylic acids is 2. The Morgan fingerprint density at radius 2 is 1.86 bits per heavy atom. The van der Waals surface area contributed by atoms with Gasteiger partial charge in [0, 0.05) is 19.0 Å². The van der Waals surface area contributed by atoms with Gasteiger partial charge in [0.05, 0.1) is 0 Å². The lowest BCUT2D eigenvalue weighted by Gasteiger charge is -2.47. The maximum atomic E-state index is 13.2. The number of nitrogens with one attached hydrogen (secondary N) is 1. The lowest BCUT2D eigenvalue weighted by Crippen LogP contribution is -2.60. The summed E-state index contributed by atoms with van der Waals surface area (Å²) in [6, 6.07) is 0.268. The summed E-state index contributed by atoms with van der Waals surface area (Å²) < 4.78 is 0. The summed E-state index contributed by atoms with van der Waals surface area (Å²) in [6.07, 6.45) is 6.42. The second kappa shape index (κ2) is 5.98. The van der Waals surface area contributed by atoms with Gasteiger partial charge in [0.15, 0.2) is 0 Å². The number of hydrogen-bond acceptors (Lipinski definition) is 2. The van der Waals surface area contributed by atoms with E-state index in [-0.39, 0.29) is 23.3 Å². The molecular weight excluding hydrogens is 264 g/mol. The predicted octanol–water partition coefficient (Wildman–Crippen LogP) is 2.86. The van der Waals surface area contributed by atoms with Gasteiger partial charge >= 0.3 is 0 Å². The minimum atomic E-state index is -0.693. The highest BCUT2D eigenvalue weighted by Gasteiger charge is 2.47. The van der Waals surface area contributed by atoms with E-state index in [9.17, 15) is 9.59 Å². The smallest absolute Gasteiger partial charge is 0.248 e. The first-order valence-corrected chi connectivity index (χ1v) is 8.48. The first-order valence-electron chi connectivity index (χ1n) is 8.48.